The third kappa shape index (κ3) is 2.32. The molecular weight excluding hydrogens is 214 g/mol. The van der Waals surface area contributed by atoms with Gasteiger partial charge in [0.05, 0.1) is 0 Å². The van der Waals surface area contributed by atoms with Crippen LogP contribution in [0.3, 0.4) is 0 Å². The van der Waals surface area contributed by atoms with E-state index in [2.05, 4.69) is 9.47 Å². The van der Waals surface area contributed by atoms with Crippen LogP contribution in [-0.2, 0) is 6.42 Å². The molecular formula is C12H12F2O2. The Bertz CT molecular complexity index is 413. The molecule has 0 saturated heterocycles. The van der Waals surface area contributed by atoms with E-state index in [4.69, 9.17) is 0 Å². The molecule has 1 heterocycles. The van der Waals surface area contributed by atoms with Crippen molar-refractivity contribution in [3.8, 4) is 11.5 Å². The van der Waals surface area contributed by atoms with Crippen molar-refractivity contribution in [2.24, 2.45) is 0 Å². The molecule has 0 aromatic heterocycles. The van der Waals surface area contributed by atoms with Crippen LogP contribution in [0.5, 0.6) is 11.5 Å². The molecule has 86 valence electrons. The SMILES string of the molecule is CC/C=C/Cc1ccc2c(c1)OC(F)(F)O2. The Labute approximate surface area is 92.5 Å². The number of benzene rings is 1. The van der Waals surface area contributed by atoms with Gasteiger partial charge in [-0.15, -0.1) is 8.78 Å². The van der Waals surface area contributed by atoms with Gasteiger partial charge in [-0.25, -0.2) is 0 Å². The van der Waals surface area contributed by atoms with E-state index in [0.29, 0.717) is 6.42 Å². The first kappa shape index (κ1) is 10.9. The molecule has 1 aromatic rings. The van der Waals surface area contributed by atoms with Crippen LogP contribution < -0.4 is 9.47 Å². The third-order valence-electron chi connectivity index (χ3n) is 2.22. The zero-order valence-electron chi connectivity index (χ0n) is 8.87. The number of fused-ring (bicyclic) bond motifs is 1. The highest BCUT2D eigenvalue weighted by Crippen LogP contribution is 2.41. The number of rotatable bonds is 3. The van der Waals surface area contributed by atoms with Crippen LogP contribution in [-0.4, -0.2) is 6.29 Å². The van der Waals surface area contributed by atoms with Crippen molar-refractivity contribution in [1.29, 1.82) is 0 Å². The van der Waals surface area contributed by atoms with Crippen molar-refractivity contribution in [2.45, 2.75) is 26.1 Å². The zero-order chi connectivity index (χ0) is 11.6. The average molecular weight is 226 g/mol. The second kappa shape index (κ2) is 4.12. The largest absolute Gasteiger partial charge is 0.586 e. The molecule has 0 spiro atoms. The molecule has 0 unspecified atom stereocenters. The molecule has 0 saturated carbocycles. The highest BCUT2D eigenvalue weighted by atomic mass is 19.3. The Morgan fingerprint density at radius 2 is 1.94 bits per heavy atom. The normalized spacial score (nSPS) is 16.9. The number of halogens is 2. The summed E-state index contributed by atoms with van der Waals surface area (Å²) in [7, 11) is 0. The summed E-state index contributed by atoms with van der Waals surface area (Å²) < 4.78 is 34.1. The van der Waals surface area contributed by atoms with Gasteiger partial charge in [-0.05, 0) is 30.5 Å². The van der Waals surface area contributed by atoms with Gasteiger partial charge >= 0.3 is 6.29 Å². The summed E-state index contributed by atoms with van der Waals surface area (Å²) >= 11 is 0. The summed E-state index contributed by atoms with van der Waals surface area (Å²) in [5.41, 5.74) is 0.921. The summed E-state index contributed by atoms with van der Waals surface area (Å²) in [6.07, 6.45) is 2.16. The molecule has 0 bridgehead atoms. The van der Waals surface area contributed by atoms with Gasteiger partial charge in [0.1, 0.15) is 0 Å². The molecule has 0 amide bonds. The minimum atomic E-state index is -3.53. The summed E-state index contributed by atoms with van der Waals surface area (Å²) in [5.74, 6) is 0.195. The van der Waals surface area contributed by atoms with Crippen LogP contribution in [0.15, 0.2) is 30.4 Å². The number of ether oxygens (including phenoxy) is 2. The van der Waals surface area contributed by atoms with Gasteiger partial charge in [-0.1, -0.05) is 25.1 Å². The van der Waals surface area contributed by atoms with E-state index in [0.717, 1.165) is 12.0 Å². The molecule has 2 rings (SSSR count). The van der Waals surface area contributed by atoms with Gasteiger partial charge in [0.2, 0.25) is 0 Å². The fourth-order valence-corrected chi connectivity index (χ4v) is 1.51. The fourth-order valence-electron chi connectivity index (χ4n) is 1.51. The lowest BCUT2D eigenvalue weighted by Crippen LogP contribution is -2.25. The maximum Gasteiger partial charge on any atom is 0.586 e. The topological polar surface area (TPSA) is 18.5 Å². The highest BCUT2D eigenvalue weighted by Gasteiger charge is 2.43. The summed E-state index contributed by atoms with van der Waals surface area (Å²) in [6, 6.07) is 4.84. The van der Waals surface area contributed by atoms with E-state index < -0.39 is 6.29 Å². The predicted molar refractivity (Wildman–Crippen MR) is 55.8 cm³/mol. The van der Waals surface area contributed by atoms with Crippen molar-refractivity contribution in [1.82, 2.24) is 0 Å². The first-order chi connectivity index (χ1) is 7.61. The Morgan fingerprint density at radius 3 is 2.69 bits per heavy atom. The molecule has 0 aliphatic carbocycles. The number of alkyl halides is 2. The van der Waals surface area contributed by atoms with Gasteiger partial charge in [-0.2, -0.15) is 0 Å². The summed E-state index contributed by atoms with van der Waals surface area (Å²) in [6.45, 7) is 2.04. The number of allylic oxidation sites excluding steroid dienone is 2. The lowest BCUT2D eigenvalue weighted by atomic mass is 10.1. The summed E-state index contributed by atoms with van der Waals surface area (Å²) in [5, 5.41) is 0. The Hall–Kier alpha value is -1.58. The zero-order valence-corrected chi connectivity index (χ0v) is 8.87. The van der Waals surface area contributed by atoms with Crippen LogP contribution in [0.25, 0.3) is 0 Å². The Morgan fingerprint density at radius 1 is 1.19 bits per heavy atom. The standard InChI is InChI=1S/C12H12F2O2/c1-2-3-4-5-9-6-7-10-11(8-9)16-12(13,14)15-10/h3-4,6-8H,2,5H2,1H3/b4-3+. The van der Waals surface area contributed by atoms with Crippen LogP contribution in [0.2, 0.25) is 0 Å². The molecule has 1 aliphatic rings. The molecule has 1 aromatic carbocycles. The van der Waals surface area contributed by atoms with Crippen molar-refractivity contribution in [3.63, 3.8) is 0 Å². The first-order valence-corrected chi connectivity index (χ1v) is 5.14. The van der Waals surface area contributed by atoms with E-state index in [9.17, 15) is 8.78 Å². The molecule has 0 N–H and O–H groups in total. The second-order valence-corrected chi connectivity index (χ2v) is 3.53. The fraction of sp³-hybridized carbons (Fsp3) is 0.333. The smallest absolute Gasteiger partial charge is 0.395 e. The molecule has 16 heavy (non-hydrogen) atoms. The van der Waals surface area contributed by atoms with E-state index in [1.807, 2.05) is 19.1 Å². The van der Waals surface area contributed by atoms with E-state index in [-0.39, 0.29) is 11.5 Å². The van der Waals surface area contributed by atoms with Gasteiger partial charge in [0.25, 0.3) is 0 Å². The van der Waals surface area contributed by atoms with Gasteiger partial charge in [0, 0.05) is 0 Å². The molecule has 0 atom stereocenters. The Kier molecular flexibility index (Phi) is 2.81. The van der Waals surface area contributed by atoms with Crippen LogP contribution in [0, 0.1) is 0 Å². The number of hydrogen-bond acceptors (Lipinski definition) is 2. The Balaban J connectivity index is 2.13. The average Bonchev–Trinajstić information content (AvgIpc) is 2.51. The van der Waals surface area contributed by atoms with Gasteiger partial charge < -0.3 is 9.47 Å². The lowest BCUT2D eigenvalue weighted by molar-refractivity contribution is -0.286. The second-order valence-electron chi connectivity index (χ2n) is 3.53. The lowest BCUT2D eigenvalue weighted by Gasteiger charge is -2.04. The quantitative estimate of drug-likeness (QED) is 0.734. The predicted octanol–water partition coefficient (Wildman–Crippen LogP) is 3.52. The highest BCUT2D eigenvalue weighted by molar-refractivity contribution is 5.45. The van der Waals surface area contributed by atoms with E-state index >= 15 is 0 Å². The minimum Gasteiger partial charge on any atom is -0.395 e. The molecule has 4 heteroatoms. The monoisotopic (exact) mass is 226 g/mol. The summed E-state index contributed by atoms with van der Waals surface area (Å²) in [4.78, 5) is 0. The van der Waals surface area contributed by atoms with E-state index in [1.165, 1.54) is 6.07 Å². The van der Waals surface area contributed by atoms with Crippen LogP contribution >= 0.6 is 0 Å². The van der Waals surface area contributed by atoms with Crippen molar-refractivity contribution in [3.05, 3.63) is 35.9 Å². The number of hydrogen-bond donors (Lipinski definition) is 0. The van der Waals surface area contributed by atoms with Gasteiger partial charge in [-0.3, -0.25) is 0 Å². The maximum absolute atomic E-state index is 12.7. The van der Waals surface area contributed by atoms with Crippen molar-refractivity contribution < 1.29 is 18.3 Å². The third-order valence-corrected chi connectivity index (χ3v) is 2.22. The van der Waals surface area contributed by atoms with Crippen molar-refractivity contribution >= 4 is 0 Å². The molecule has 0 radical (unpaired) electrons. The maximum atomic E-state index is 12.7. The van der Waals surface area contributed by atoms with Crippen molar-refractivity contribution in [2.75, 3.05) is 0 Å². The molecule has 2 nitrogen and oxygen atoms in total. The van der Waals surface area contributed by atoms with Crippen LogP contribution in [0.1, 0.15) is 18.9 Å². The minimum absolute atomic E-state index is 0.0909. The first-order valence-electron chi connectivity index (χ1n) is 5.14. The van der Waals surface area contributed by atoms with E-state index in [1.54, 1.807) is 12.1 Å². The van der Waals surface area contributed by atoms with Crippen LogP contribution in [0.4, 0.5) is 8.78 Å². The molecule has 0 fully saturated rings. The van der Waals surface area contributed by atoms with Gasteiger partial charge in [0.15, 0.2) is 11.5 Å². The molecule has 1 aliphatic heterocycles.